The van der Waals surface area contributed by atoms with Crippen molar-refractivity contribution < 1.29 is 4.79 Å². The van der Waals surface area contributed by atoms with Crippen molar-refractivity contribution in [2.24, 2.45) is 5.92 Å². The number of H-pyrrole nitrogens is 1. The third-order valence-electron chi connectivity index (χ3n) is 5.60. The summed E-state index contributed by atoms with van der Waals surface area (Å²) in [7, 11) is 0. The molecular weight excluding hydrogens is 348 g/mol. The monoisotopic (exact) mass is 376 g/mol. The van der Waals surface area contributed by atoms with Crippen LogP contribution >= 0.6 is 0 Å². The molecule has 2 aromatic carbocycles. The van der Waals surface area contributed by atoms with Crippen LogP contribution in [0, 0.1) is 5.92 Å². The van der Waals surface area contributed by atoms with Crippen LogP contribution in [0.3, 0.4) is 0 Å². The number of aromatic nitrogens is 1. The molecule has 0 unspecified atom stereocenters. The Balaban J connectivity index is 1.15. The van der Waals surface area contributed by atoms with E-state index in [0.29, 0.717) is 6.54 Å². The molecule has 3 aromatic rings. The van der Waals surface area contributed by atoms with E-state index >= 15 is 0 Å². The summed E-state index contributed by atoms with van der Waals surface area (Å²) in [6.07, 6.45) is 5.55. The van der Waals surface area contributed by atoms with Gasteiger partial charge in [0.1, 0.15) is 0 Å². The van der Waals surface area contributed by atoms with E-state index in [9.17, 15) is 4.79 Å². The number of amides is 2. The predicted octanol–water partition coefficient (Wildman–Crippen LogP) is 4.24. The van der Waals surface area contributed by atoms with E-state index in [-0.39, 0.29) is 6.03 Å². The smallest absolute Gasteiger partial charge is 0.319 e. The lowest BCUT2D eigenvalue weighted by molar-refractivity contribution is 0.184. The molecule has 0 saturated carbocycles. The molecule has 1 saturated heterocycles. The van der Waals surface area contributed by atoms with Gasteiger partial charge < -0.3 is 20.5 Å². The number of nitrogens with zero attached hydrogens (tertiary/aromatic N) is 1. The fourth-order valence-corrected chi connectivity index (χ4v) is 4.00. The average molecular weight is 377 g/mol. The number of carbonyl (C=O) groups is 1. The highest BCUT2D eigenvalue weighted by molar-refractivity contribution is 5.92. The first kappa shape index (κ1) is 18.6. The number of carbonyl (C=O) groups excluding carboxylic acids is 1. The maximum atomic E-state index is 12.1. The molecule has 3 N–H and O–H groups in total. The third kappa shape index (κ3) is 4.93. The van der Waals surface area contributed by atoms with Gasteiger partial charge in [0.05, 0.1) is 0 Å². The number of nitrogens with one attached hydrogen (secondary N) is 3. The van der Waals surface area contributed by atoms with Crippen LogP contribution in [-0.4, -0.2) is 42.1 Å². The summed E-state index contributed by atoms with van der Waals surface area (Å²) in [5.41, 5.74) is 3.32. The van der Waals surface area contributed by atoms with E-state index < -0.39 is 0 Å². The Morgan fingerprint density at radius 3 is 2.71 bits per heavy atom. The summed E-state index contributed by atoms with van der Waals surface area (Å²) in [5.74, 6) is 0.776. The molecule has 2 heterocycles. The molecule has 146 valence electrons. The van der Waals surface area contributed by atoms with Crippen molar-refractivity contribution >= 4 is 22.6 Å². The maximum absolute atomic E-state index is 12.1. The van der Waals surface area contributed by atoms with Crippen molar-refractivity contribution in [3.8, 4) is 0 Å². The van der Waals surface area contributed by atoms with Crippen LogP contribution in [0.25, 0.3) is 10.9 Å². The molecule has 0 bridgehead atoms. The SMILES string of the molecule is O=C(NCCN1CCC(Cc2ccccc2)CC1)Nc1ccc2[nH]ccc2c1. The summed E-state index contributed by atoms with van der Waals surface area (Å²) in [4.78, 5) is 17.7. The van der Waals surface area contributed by atoms with Crippen LogP contribution in [0.4, 0.5) is 10.5 Å². The van der Waals surface area contributed by atoms with Crippen molar-refractivity contribution in [3.63, 3.8) is 0 Å². The summed E-state index contributed by atoms with van der Waals surface area (Å²) in [5, 5.41) is 6.98. The first-order valence-corrected chi connectivity index (χ1v) is 10.1. The second-order valence-electron chi connectivity index (χ2n) is 7.64. The number of hydrogen-bond acceptors (Lipinski definition) is 2. The van der Waals surface area contributed by atoms with Crippen molar-refractivity contribution in [1.82, 2.24) is 15.2 Å². The van der Waals surface area contributed by atoms with Gasteiger partial charge in [0.2, 0.25) is 0 Å². The number of hydrogen-bond donors (Lipinski definition) is 3. The lowest BCUT2D eigenvalue weighted by Crippen LogP contribution is -2.40. The standard InChI is InChI=1S/C23H28N4O/c28-23(26-21-6-7-22-20(17-21)8-11-24-22)25-12-15-27-13-9-19(10-14-27)16-18-4-2-1-3-5-18/h1-8,11,17,19,24H,9-10,12-16H2,(H2,25,26,28). The zero-order chi connectivity index (χ0) is 19.2. The highest BCUT2D eigenvalue weighted by atomic mass is 16.2. The zero-order valence-corrected chi connectivity index (χ0v) is 16.2. The quantitative estimate of drug-likeness (QED) is 0.602. The molecular formula is C23H28N4O. The summed E-state index contributed by atoms with van der Waals surface area (Å²) in [6.45, 7) is 3.81. The van der Waals surface area contributed by atoms with Crippen LogP contribution < -0.4 is 10.6 Å². The van der Waals surface area contributed by atoms with E-state index in [1.807, 2.05) is 30.5 Å². The van der Waals surface area contributed by atoms with Crippen molar-refractivity contribution in [2.75, 3.05) is 31.5 Å². The van der Waals surface area contributed by atoms with E-state index in [1.54, 1.807) is 0 Å². The largest absolute Gasteiger partial charge is 0.361 e. The van der Waals surface area contributed by atoms with Gasteiger partial charge in [-0.05, 0) is 68.1 Å². The van der Waals surface area contributed by atoms with E-state index in [0.717, 1.165) is 42.1 Å². The third-order valence-corrected chi connectivity index (χ3v) is 5.60. The first-order valence-electron chi connectivity index (χ1n) is 10.1. The fraction of sp³-hybridized carbons (Fsp3) is 0.348. The fourth-order valence-electron chi connectivity index (χ4n) is 4.00. The van der Waals surface area contributed by atoms with Gasteiger partial charge in [-0.2, -0.15) is 0 Å². The normalized spacial score (nSPS) is 15.6. The molecule has 1 aromatic heterocycles. The molecule has 0 atom stereocenters. The van der Waals surface area contributed by atoms with Crippen molar-refractivity contribution in [2.45, 2.75) is 19.3 Å². The molecule has 4 rings (SSSR count). The average Bonchev–Trinajstić information content (AvgIpc) is 3.18. The molecule has 0 radical (unpaired) electrons. The number of fused-ring (bicyclic) bond motifs is 1. The van der Waals surface area contributed by atoms with Gasteiger partial charge in [-0.15, -0.1) is 0 Å². The second-order valence-corrected chi connectivity index (χ2v) is 7.64. The molecule has 2 amide bonds. The number of aromatic amines is 1. The first-order chi connectivity index (χ1) is 13.8. The minimum Gasteiger partial charge on any atom is -0.361 e. The van der Waals surface area contributed by atoms with Crippen LogP contribution in [0.5, 0.6) is 0 Å². The molecule has 1 fully saturated rings. The van der Waals surface area contributed by atoms with E-state index in [2.05, 4.69) is 50.8 Å². The number of anilines is 1. The molecule has 5 heteroatoms. The van der Waals surface area contributed by atoms with Gasteiger partial charge in [-0.25, -0.2) is 4.79 Å². The van der Waals surface area contributed by atoms with Gasteiger partial charge in [-0.3, -0.25) is 0 Å². The zero-order valence-electron chi connectivity index (χ0n) is 16.2. The molecule has 5 nitrogen and oxygen atoms in total. The molecule has 0 aliphatic carbocycles. The number of likely N-dealkylation sites (tertiary alicyclic amines) is 1. The Morgan fingerprint density at radius 2 is 1.89 bits per heavy atom. The summed E-state index contributed by atoms with van der Waals surface area (Å²) in [6, 6.07) is 18.5. The Bertz CT molecular complexity index is 897. The van der Waals surface area contributed by atoms with Gasteiger partial charge in [-0.1, -0.05) is 30.3 Å². The van der Waals surface area contributed by atoms with Crippen molar-refractivity contribution in [1.29, 1.82) is 0 Å². The Labute approximate surface area is 166 Å². The summed E-state index contributed by atoms with van der Waals surface area (Å²) >= 11 is 0. The Hall–Kier alpha value is -2.79. The number of rotatable bonds is 6. The minimum absolute atomic E-state index is 0.145. The lowest BCUT2D eigenvalue weighted by atomic mass is 9.90. The Kier molecular flexibility index (Phi) is 5.92. The summed E-state index contributed by atoms with van der Waals surface area (Å²) < 4.78 is 0. The number of benzene rings is 2. The van der Waals surface area contributed by atoms with Gasteiger partial charge in [0.25, 0.3) is 0 Å². The topological polar surface area (TPSA) is 60.2 Å². The highest BCUT2D eigenvalue weighted by Crippen LogP contribution is 2.21. The number of piperidine rings is 1. The van der Waals surface area contributed by atoms with Gasteiger partial charge >= 0.3 is 6.03 Å². The van der Waals surface area contributed by atoms with Crippen molar-refractivity contribution in [3.05, 3.63) is 66.4 Å². The predicted molar refractivity (Wildman–Crippen MR) is 115 cm³/mol. The molecule has 28 heavy (non-hydrogen) atoms. The van der Waals surface area contributed by atoms with Gasteiger partial charge in [0.15, 0.2) is 0 Å². The molecule has 1 aliphatic heterocycles. The Morgan fingerprint density at radius 1 is 1.07 bits per heavy atom. The van der Waals surface area contributed by atoms with Crippen LogP contribution in [0.2, 0.25) is 0 Å². The maximum Gasteiger partial charge on any atom is 0.319 e. The van der Waals surface area contributed by atoms with Crippen LogP contribution in [-0.2, 0) is 6.42 Å². The second kappa shape index (κ2) is 8.93. The molecule has 1 aliphatic rings. The van der Waals surface area contributed by atoms with Crippen LogP contribution in [0.1, 0.15) is 18.4 Å². The van der Waals surface area contributed by atoms with E-state index in [1.165, 1.54) is 24.8 Å². The minimum atomic E-state index is -0.145. The van der Waals surface area contributed by atoms with Gasteiger partial charge in [0, 0.05) is 35.9 Å². The molecule has 0 spiro atoms. The number of urea groups is 1. The highest BCUT2D eigenvalue weighted by Gasteiger charge is 2.19. The lowest BCUT2D eigenvalue weighted by Gasteiger charge is -2.32. The van der Waals surface area contributed by atoms with E-state index in [4.69, 9.17) is 0 Å². The van der Waals surface area contributed by atoms with Crippen LogP contribution in [0.15, 0.2) is 60.8 Å².